The number of nitrogens with one attached hydrogen (secondary N) is 2. The van der Waals surface area contributed by atoms with Crippen molar-refractivity contribution in [1.29, 1.82) is 0 Å². The molecular weight excluding hydrogens is 364 g/mol. The quantitative estimate of drug-likeness (QED) is 0.663. The van der Waals surface area contributed by atoms with E-state index in [9.17, 15) is 9.59 Å². The molecule has 146 valence electrons. The second-order valence-corrected chi connectivity index (χ2v) is 8.85. The Morgan fingerprint density at radius 3 is 1.89 bits per heavy atom. The number of benzene rings is 1. The number of anilines is 2. The van der Waals surface area contributed by atoms with E-state index in [-0.39, 0.29) is 0 Å². The summed E-state index contributed by atoms with van der Waals surface area (Å²) in [5, 5.41) is 7.82. The molecule has 27 heavy (non-hydrogen) atoms. The van der Waals surface area contributed by atoms with Gasteiger partial charge in [-0.25, -0.2) is 9.59 Å². The first-order valence-electron chi connectivity index (χ1n) is 8.61. The number of carbonyl (C=O) groups excluding carboxylic acids is 2. The maximum atomic E-state index is 12.3. The second-order valence-electron chi connectivity index (χ2n) is 7.97. The molecule has 0 saturated carbocycles. The highest BCUT2D eigenvalue weighted by Gasteiger charge is 2.23. The average molecular weight is 391 g/mol. The van der Waals surface area contributed by atoms with Crippen LogP contribution in [0.1, 0.15) is 41.5 Å². The fourth-order valence-electron chi connectivity index (χ4n) is 2.21. The van der Waals surface area contributed by atoms with Crippen molar-refractivity contribution < 1.29 is 19.1 Å². The zero-order valence-corrected chi connectivity index (χ0v) is 17.3. The first-order valence-corrected chi connectivity index (χ1v) is 9.49. The largest absolute Gasteiger partial charge is 0.444 e. The van der Waals surface area contributed by atoms with Gasteiger partial charge in [-0.05, 0) is 47.1 Å². The Balaban J connectivity index is 2.32. The van der Waals surface area contributed by atoms with Crippen LogP contribution in [0.5, 0.6) is 0 Å². The fraction of sp³-hybridized carbons (Fsp3) is 0.400. The second kappa shape index (κ2) is 8.00. The number of rotatable bonds is 3. The van der Waals surface area contributed by atoms with Gasteiger partial charge in [-0.15, -0.1) is 11.3 Å². The summed E-state index contributed by atoms with van der Waals surface area (Å²) in [5.41, 5.74) is 0.926. The predicted molar refractivity (Wildman–Crippen MR) is 109 cm³/mol. The van der Waals surface area contributed by atoms with Crippen molar-refractivity contribution in [2.24, 2.45) is 0 Å². The number of hydrogen-bond acceptors (Lipinski definition) is 5. The molecule has 0 aliphatic carbocycles. The SMILES string of the molecule is CC(C)(C)OC(=O)Nc1scc(-c2ccccc2)c1NC(=O)OC(C)(C)C. The summed E-state index contributed by atoms with van der Waals surface area (Å²) >= 11 is 1.30. The highest BCUT2D eigenvalue weighted by Crippen LogP contribution is 2.40. The Morgan fingerprint density at radius 2 is 1.37 bits per heavy atom. The molecule has 0 spiro atoms. The first kappa shape index (κ1) is 20.8. The van der Waals surface area contributed by atoms with E-state index in [1.54, 1.807) is 41.5 Å². The molecule has 2 amide bonds. The number of carbonyl (C=O) groups is 2. The third-order valence-electron chi connectivity index (χ3n) is 3.12. The third-order valence-corrected chi connectivity index (χ3v) is 4.01. The van der Waals surface area contributed by atoms with Crippen LogP contribution in [0.4, 0.5) is 20.3 Å². The Bertz CT molecular complexity index is 802. The molecule has 0 fully saturated rings. The summed E-state index contributed by atoms with van der Waals surface area (Å²) in [6.07, 6.45) is -1.18. The van der Waals surface area contributed by atoms with Crippen LogP contribution in [-0.2, 0) is 9.47 Å². The van der Waals surface area contributed by atoms with Crippen LogP contribution in [0.3, 0.4) is 0 Å². The van der Waals surface area contributed by atoms with Gasteiger partial charge in [-0.1, -0.05) is 30.3 Å². The molecule has 0 atom stereocenters. The van der Waals surface area contributed by atoms with Crippen molar-refractivity contribution in [2.75, 3.05) is 10.6 Å². The molecule has 0 radical (unpaired) electrons. The van der Waals surface area contributed by atoms with Crippen LogP contribution in [-0.4, -0.2) is 23.4 Å². The molecule has 0 saturated heterocycles. The lowest BCUT2D eigenvalue weighted by Crippen LogP contribution is -2.28. The molecule has 2 N–H and O–H groups in total. The lowest BCUT2D eigenvalue weighted by molar-refractivity contribution is 0.0621. The minimum Gasteiger partial charge on any atom is -0.444 e. The van der Waals surface area contributed by atoms with E-state index in [1.165, 1.54) is 11.3 Å². The third kappa shape index (κ3) is 6.60. The summed E-state index contributed by atoms with van der Waals surface area (Å²) in [5.74, 6) is 0. The van der Waals surface area contributed by atoms with Gasteiger partial charge in [0.25, 0.3) is 0 Å². The van der Waals surface area contributed by atoms with Crippen LogP contribution in [0.15, 0.2) is 35.7 Å². The van der Waals surface area contributed by atoms with Gasteiger partial charge in [0.05, 0.1) is 5.69 Å². The Hall–Kier alpha value is -2.54. The van der Waals surface area contributed by atoms with E-state index < -0.39 is 23.4 Å². The number of ether oxygens (including phenoxy) is 2. The van der Waals surface area contributed by atoms with Gasteiger partial charge in [-0.3, -0.25) is 10.6 Å². The van der Waals surface area contributed by atoms with E-state index >= 15 is 0 Å². The molecule has 6 nitrogen and oxygen atoms in total. The van der Waals surface area contributed by atoms with Crippen molar-refractivity contribution in [3.63, 3.8) is 0 Å². The van der Waals surface area contributed by atoms with E-state index in [2.05, 4.69) is 10.6 Å². The zero-order valence-electron chi connectivity index (χ0n) is 16.5. The van der Waals surface area contributed by atoms with Crippen molar-refractivity contribution in [2.45, 2.75) is 52.7 Å². The Labute approximate surface area is 163 Å². The molecule has 1 aromatic heterocycles. The first-order chi connectivity index (χ1) is 12.4. The molecule has 2 aromatic rings. The Morgan fingerprint density at radius 1 is 0.852 bits per heavy atom. The summed E-state index contributed by atoms with van der Waals surface area (Å²) in [4.78, 5) is 24.5. The number of amides is 2. The van der Waals surface area contributed by atoms with Crippen molar-refractivity contribution in [1.82, 2.24) is 0 Å². The highest BCUT2D eigenvalue weighted by atomic mass is 32.1. The van der Waals surface area contributed by atoms with Gasteiger partial charge in [0.1, 0.15) is 16.2 Å². The van der Waals surface area contributed by atoms with Crippen LogP contribution < -0.4 is 10.6 Å². The van der Waals surface area contributed by atoms with Gasteiger partial charge >= 0.3 is 12.2 Å². The van der Waals surface area contributed by atoms with Gasteiger partial charge < -0.3 is 9.47 Å². The maximum Gasteiger partial charge on any atom is 0.412 e. The lowest BCUT2D eigenvalue weighted by atomic mass is 10.1. The summed E-state index contributed by atoms with van der Waals surface area (Å²) in [7, 11) is 0. The molecular formula is C20H26N2O4S. The summed E-state index contributed by atoms with van der Waals surface area (Å²) < 4.78 is 10.7. The standard InChI is InChI=1S/C20H26N2O4S/c1-19(2,3)25-17(23)21-15-14(13-10-8-7-9-11-13)12-27-16(15)22-18(24)26-20(4,5)6/h7-12H,1-6H3,(H,21,23)(H,22,24). The molecule has 0 aliphatic rings. The highest BCUT2D eigenvalue weighted by molar-refractivity contribution is 7.15. The number of thiophene rings is 1. The minimum absolute atomic E-state index is 0.478. The van der Waals surface area contributed by atoms with E-state index in [4.69, 9.17) is 9.47 Å². The van der Waals surface area contributed by atoms with Crippen molar-refractivity contribution in [3.8, 4) is 11.1 Å². The van der Waals surface area contributed by atoms with Gasteiger partial charge in [0.15, 0.2) is 0 Å². The molecule has 1 aromatic carbocycles. The summed E-state index contributed by atoms with van der Waals surface area (Å²) in [6.45, 7) is 10.7. The Kier molecular flexibility index (Phi) is 6.15. The average Bonchev–Trinajstić information content (AvgIpc) is 2.86. The van der Waals surface area contributed by atoms with Crippen LogP contribution in [0, 0.1) is 0 Å². The van der Waals surface area contributed by atoms with Crippen molar-refractivity contribution in [3.05, 3.63) is 35.7 Å². The minimum atomic E-state index is -0.633. The summed E-state index contributed by atoms with van der Waals surface area (Å²) in [6, 6.07) is 9.59. The van der Waals surface area contributed by atoms with Crippen molar-refractivity contribution >= 4 is 34.2 Å². The monoisotopic (exact) mass is 390 g/mol. The maximum absolute atomic E-state index is 12.3. The fourth-order valence-corrected chi connectivity index (χ4v) is 3.12. The molecule has 0 bridgehead atoms. The molecule has 0 unspecified atom stereocenters. The van der Waals surface area contributed by atoms with Crippen LogP contribution in [0.2, 0.25) is 0 Å². The molecule has 2 rings (SSSR count). The topological polar surface area (TPSA) is 76.7 Å². The van der Waals surface area contributed by atoms with Gasteiger partial charge in [0.2, 0.25) is 0 Å². The predicted octanol–water partition coefficient (Wildman–Crippen LogP) is 6.11. The normalized spacial score (nSPS) is 11.6. The van der Waals surface area contributed by atoms with E-state index in [0.29, 0.717) is 10.7 Å². The van der Waals surface area contributed by atoms with Crippen LogP contribution >= 0.6 is 11.3 Å². The van der Waals surface area contributed by atoms with E-state index in [0.717, 1.165) is 11.1 Å². The molecule has 1 heterocycles. The molecule has 7 heteroatoms. The molecule has 0 aliphatic heterocycles. The van der Waals surface area contributed by atoms with Crippen LogP contribution in [0.25, 0.3) is 11.1 Å². The van der Waals surface area contributed by atoms with E-state index in [1.807, 2.05) is 35.7 Å². The van der Waals surface area contributed by atoms with Gasteiger partial charge in [0, 0.05) is 10.9 Å². The smallest absolute Gasteiger partial charge is 0.412 e. The van der Waals surface area contributed by atoms with Gasteiger partial charge in [-0.2, -0.15) is 0 Å². The number of hydrogen-bond donors (Lipinski definition) is 2. The zero-order chi connectivity index (χ0) is 20.2. The lowest BCUT2D eigenvalue weighted by Gasteiger charge is -2.21.